The molecule has 2 fully saturated rings. The Morgan fingerprint density at radius 3 is 2.77 bits per heavy atom. The summed E-state index contributed by atoms with van der Waals surface area (Å²) in [6.07, 6.45) is 6.10. The highest BCUT2D eigenvalue weighted by atomic mass is 16.6. The third kappa shape index (κ3) is 3.37. The molecule has 5 rings (SSSR count). The monoisotopic (exact) mass is 407 g/mol. The fourth-order valence-electron chi connectivity index (χ4n) is 4.73. The van der Waals surface area contributed by atoms with E-state index >= 15 is 0 Å². The van der Waals surface area contributed by atoms with E-state index < -0.39 is 0 Å². The van der Waals surface area contributed by atoms with Gasteiger partial charge in [0.25, 0.3) is 0 Å². The van der Waals surface area contributed by atoms with Crippen LogP contribution >= 0.6 is 0 Å². The smallest absolute Gasteiger partial charge is 0.410 e. The predicted octanol–water partition coefficient (Wildman–Crippen LogP) is 2.83. The Morgan fingerprint density at radius 2 is 1.93 bits per heavy atom. The molecule has 2 saturated heterocycles. The third-order valence-corrected chi connectivity index (χ3v) is 6.22. The molecule has 1 amide bonds. The summed E-state index contributed by atoms with van der Waals surface area (Å²) < 4.78 is 5.62. The Hall–Kier alpha value is -3.13. The van der Waals surface area contributed by atoms with E-state index in [0.29, 0.717) is 0 Å². The Morgan fingerprint density at radius 1 is 1.10 bits per heavy atom. The summed E-state index contributed by atoms with van der Waals surface area (Å²) in [4.78, 5) is 29.1. The minimum absolute atomic E-state index is 0.00874. The van der Waals surface area contributed by atoms with Gasteiger partial charge in [0, 0.05) is 19.3 Å². The van der Waals surface area contributed by atoms with E-state index in [1.54, 1.807) is 6.33 Å². The fraction of sp³-hybridized carbons (Fsp3) is 0.409. The number of aliphatic hydroxyl groups excluding tert-OH is 1. The molecule has 2 aliphatic rings. The molecule has 2 N–H and O–H groups in total. The molecule has 8 heteroatoms. The van der Waals surface area contributed by atoms with Gasteiger partial charge in [0.15, 0.2) is 0 Å². The lowest BCUT2D eigenvalue weighted by Gasteiger charge is -2.39. The molecule has 0 saturated carbocycles. The summed E-state index contributed by atoms with van der Waals surface area (Å²) in [5.74, 6) is 0.938. The Labute approximate surface area is 174 Å². The molecule has 3 aromatic rings. The minimum atomic E-state index is -0.257. The van der Waals surface area contributed by atoms with Crippen LogP contribution in [0.2, 0.25) is 0 Å². The number of nitrogens with zero attached hydrogens (tertiary/aromatic N) is 4. The number of benzene rings is 1. The number of amides is 1. The second-order valence-corrected chi connectivity index (χ2v) is 7.92. The van der Waals surface area contributed by atoms with Gasteiger partial charge in [-0.3, -0.25) is 0 Å². The molecule has 0 aliphatic carbocycles. The van der Waals surface area contributed by atoms with Crippen LogP contribution in [0.15, 0.2) is 42.9 Å². The number of hydrogen-bond acceptors (Lipinski definition) is 6. The number of carbonyl (C=O) groups excluding carboxylic acids is 1. The van der Waals surface area contributed by atoms with Crippen molar-refractivity contribution >= 4 is 22.9 Å². The third-order valence-electron chi connectivity index (χ3n) is 6.22. The van der Waals surface area contributed by atoms with Gasteiger partial charge in [-0.15, -0.1) is 0 Å². The first-order valence-corrected chi connectivity index (χ1v) is 10.4. The number of rotatable bonds is 4. The van der Waals surface area contributed by atoms with Gasteiger partial charge in [0.05, 0.1) is 24.1 Å². The van der Waals surface area contributed by atoms with Crippen molar-refractivity contribution in [3.8, 4) is 0 Å². The molecule has 2 aromatic heterocycles. The van der Waals surface area contributed by atoms with E-state index in [9.17, 15) is 4.79 Å². The molecule has 0 bridgehead atoms. The van der Waals surface area contributed by atoms with Gasteiger partial charge in [-0.25, -0.2) is 14.8 Å². The van der Waals surface area contributed by atoms with Crippen molar-refractivity contribution in [3.63, 3.8) is 0 Å². The van der Waals surface area contributed by atoms with Crippen molar-refractivity contribution < 1.29 is 14.6 Å². The molecule has 1 aromatic carbocycles. The maximum Gasteiger partial charge on any atom is 0.410 e. The standard InChI is InChI=1S/C22H25N5O3/c28-12-15-3-5-16(6-4-15)13-30-22(29)27-10-1-2-18-19(27)8-11-26(18)21-17-7-9-23-20(17)24-14-25-21/h3-7,9,14,18-19,28H,1-2,8,10-13H2,(H,23,24,25)/t18-,19-/m1/s1. The molecule has 30 heavy (non-hydrogen) atoms. The molecule has 4 heterocycles. The van der Waals surface area contributed by atoms with Crippen molar-refractivity contribution in [2.75, 3.05) is 18.0 Å². The van der Waals surface area contributed by atoms with Crippen LogP contribution in [0.4, 0.5) is 10.6 Å². The Kier molecular flexibility index (Phi) is 5.00. The molecule has 2 aliphatic heterocycles. The fourth-order valence-corrected chi connectivity index (χ4v) is 4.73. The number of fused-ring (bicyclic) bond motifs is 2. The molecule has 0 spiro atoms. The number of piperidine rings is 1. The van der Waals surface area contributed by atoms with E-state index in [4.69, 9.17) is 9.84 Å². The summed E-state index contributed by atoms with van der Waals surface area (Å²) in [5, 5.41) is 10.2. The Bertz CT molecular complexity index is 1030. The number of H-pyrrole nitrogens is 1. The van der Waals surface area contributed by atoms with E-state index in [2.05, 4.69) is 19.9 Å². The van der Waals surface area contributed by atoms with Crippen molar-refractivity contribution in [3.05, 3.63) is 54.0 Å². The van der Waals surface area contributed by atoms with Crippen molar-refractivity contribution in [1.29, 1.82) is 0 Å². The second kappa shape index (κ2) is 7.95. The number of likely N-dealkylation sites (tertiary alicyclic amines) is 1. The first-order chi connectivity index (χ1) is 14.7. The molecular weight excluding hydrogens is 382 g/mol. The summed E-state index contributed by atoms with van der Waals surface area (Å²) in [7, 11) is 0. The van der Waals surface area contributed by atoms with Gasteiger partial charge in [-0.2, -0.15) is 0 Å². The quantitative estimate of drug-likeness (QED) is 0.691. The van der Waals surface area contributed by atoms with Gasteiger partial charge in [0.1, 0.15) is 24.4 Å². The largest absolute Gasteiger partial charge is 0.445 e. The maximum atomic E-state index is 12.9. The second-order valence-electron chi connectivity index (χ2n) is 7.92. The number of ether oxygens (including phenoxy) is 1. The first-order valence-electron chi connectivity index (χ1n) is 10.4. The van der Waals surface area contributed by atoms with Crippen LogP contribution in [-0.4, -0.2) is 56.2 Å². The lowest BCUT2D eigenvalue weighted by atomic mass is 9.97. The average molecular weight is 407 g/mol. The number of nitrogens with one attached hydrogen (secondary N) is 1. The number of aliphatic hydroxyl groups is 1. The van der Waals surface area contributed by atoms with Crippen molar-refractivity contribution in [2.24, 2.45) is 0 Å². The number of carbonyl (C=O) groups is 1. The number of aromatic amines is 1. The summed E-state index contributed by atoms with van der Waals surface area (Å²) in [6.45, 7) is 1.83. The topological polar surface area (TPSA) is 94.6 Å². The van der Waals surface area contributed by atoms with Crippen LogP contribution in [0, 0.1) is 0 Å². The first kappa shape index (κ1) is 18.9. The lowest BCUT2D eigenvalue weighted by molar-refractivity contribution is 0.0673. The highest BCUT2D eigenvalue weighted by Gasteiger charge is 2.43. The SMILES string of the molecule is O=C(OCc1ccc(CO)cc1)N1CCC[C@@H]2[C@H]1CCN2c1ncnc2[nH]ccc12. The molecular formula is C22H25N5O3. The Balaban J connectivity index is 1.28. The van der Waals surface area contributed by atoms with Crippen LogP contribution in [-0.2, 0) is 18.0 Å². The zero-order valence-corrected chi connectivity index (χ0v) is 16.7. The minimum Gasteiger partial charge on any atom is -0.445 e. The van der Waals surface area contributed by atoms with E-state index in [0.717, 1.165) is 60.3 Å². The van der Waals surface area contributed by atoms with Gasteiger partial charge < -0.3 is 24.6 Å². The molecule has 0 radical (unpaired) electrons. The molecule has 156 valence electrons. The number of aromatic nitrogens is 3. The summed E-state index contributed by atoms with van der Waals surface area (Å²) in [6, 6.07) is 9.83. The normalized spacial score (nSPS) is 21.1. The van der Waals surface area contributed by atoms with Gasteiger partial charge >= 0.3 is 6.09 Å². The zero-order valence-electron chi connectivity index (χ0n) is 16.7. The van der Waals surface area contributed by atoms with Crippen LogP contribution in [0.25, 0.3) is 11.0 Å². The van der Waals surface area contributed by atoms with Crippen molar-refractivity contribution in [2.45, 2.75) is 44.6 Å². The van der Waals surface area contributed by atoms with Crippen LogP contribution in [0.5, 0.6) is 0 Å². The van der Waals surface area contributed by atoms with Gasteiger partial charge in [-0.1, -0.05) is 24.3 Å². The van der Waals surface area contributed by atoms with Gasteiger partial charge in [-0.05, 0) is 36.5 Å². The van der Waals surface area contributed by atoms with Crippen LogP contribution < -0.4 is 4.90 Å². The highest BCUT2D eigenvalue weighted by Crippen LogP contribution is 2.36. The zero-order chi connectivity index (χ0) is 20.5. The molecule has 2 atom stereocenters. The number of hydrogen-bond donors (Lipinski definition) is 2. The van der Waals surface area contributed by atoms with Crippen molar-refractivity contribution in [1.82, 2.24) is 19.9 Å². The summed E-state index contributed by atoms with van der Waals surface area (Å²) in [5.41, 5.74) is 2.59. The lowest BCUT2D eigenvalue weighted by Crippen LogP contribution is -2.52. The summed E-state index contributed by atoms with van der Waals surface area (Å²) >= 11 is 0. The maximum absolute atomic E-state index is 12.9. The predicted molar refractivity (Wildman–Crippen MR) is 112 cm³/mol. The van der Waals surface area contributed by atoms with E-state index in [1.807, 2.05) is 41.4 Å². The van der Waals surface area contributed by atoms with Crippen LogP contribution in [0.3, 0.4) is 0 Å². The van der Waals surface area contributed by atoms with E-state index in [1.165, 1.54) is 0 Å². The molecule has 8 nitrogen and oxygen atoms in total. The molecule has 0 unspecified atom stereocenters. The average Bonchev–Trinajstić information content (AvgIpc) is 3.44. The van der Waals surface area contributed by atoms with Crippen LogP contribution in [0.1, 0.15) is 30.4 Å². The highest BCUT2D eigenvalue weighted by molar-refractivity contribution is 5.87. The van der Waals surface area contributed by atoms with Gasteiger partial charge in [0.2, 0.25) is 0 Å². The number of anilines is 1. The van der Waals surface area contributed by atoms with E-state index in [-0.39, 0.29) is 31.4 Å².